The van der Waals surface area contributed by atoms with Crippen molar-refractivity contribution >= 4 is 147 Å². The molecule has 0 bridgehead atoms. The average molecular weight is 1480 g/mol. The quantitative estimate of drug-likeness (QED) is 0.0330. The fraction of sp³-hybridized carbons (Fsp3) is 0.266. The number of H-pyrrole nitrogens is 1. The van der Waals surface area contributed by atoms with E-state index in [1.165, 1.54) is 45.3 Å². The summed E-state index contributed by atoms with van der Waals surface area (Å²) in [5.74, 6) is 1.70. The Morgan fingerprint density at radius 2 is 1.02 bits per heavy atom. The van der Waals surface area contributed by atoms with E-state index in [2.05, 4.69) is 63.6 Å². The molecule has 0 spiro atoms. The van der Waals surface area contributed by atoms with E-state index >= 15 is 0 Å². The van der Waals surface area contributed by atoms with Gasteiger partial charge in [0, 0.05) is 108 Å². The standard InChI is InChI=1S/C17H20N2O3S.C13H9ClN2OS.C13H10N2O2S.C13H19NO2.C6H7NO2S.C2H4O2.Cl3OP.H3N/c1-4-19(5-2)17(21)14-7-6-13(22-3)10-12(14)11-15(20)16-18-8-9-23-16;1-17-9-2-3-10-8(6-9)7-11(16-12(10)14)13-15-4-5-18-13;1-17-9-2-3-10-8(6-9)7-11(15-12(10)16)13-14-4-5-18-13;1-5-14(6-2)13(15)12-8-7-11(16-4)9-10(12)3;1-2-9-6(8)5-7-3-4-10-5;1-2(3)4;1-5(2,3)4;/h6-10H,4-5,11H2,1-3H3;2-7H,1H3;2-7H,1H3,(H,15,16);7-9H,5-6H2,1-4H3;3-4H,2H2,1H3;1H3,(H,3,4);;1H3. The van der Waals surface area contributed by atoms with Crippen molar-refractivity contribution in [3.8, 4) is 44.4 Å². The van der Waals surface area contributed by atoms with E-state index in [0.29, 0.717) is 57.1 Å². The number of hydrogen-bond acceptors (Lipinski definition) is 22. The average Bonchev–Trinajstić information content (AvgIpc) is 1.70. The lowest BCUT2D eigenvalue weighted by Gasteiger charge is -2.20. The van der Waals surface area contributed by atoms with Crippen molar-refractivity contribution in [3.05, 3.63) is 179 Å². The van der Waals surface area contributed by atoms with Crippen LogP contribution in [0.15, 0.2) is 136 Å². The summed E-state index contributed by atoms with van der Waals surface area (Å²) in [7, 11) is 6.44. The van der Waals surface area contributed by atoms with Gasteiger partial charge in [0.05, 0.1) is 40.7 Å². The lowest BCUT2D eigenvalue weighted by atomic mass is 10.0. The van der Waals surface area contributed by atoms with Crippen molar-refractivity contribution in [2.45, 2.75) is 54.9 Å². The maximum absolute atomic E-state index is 12.7. The van der Waals surface area contributed by atoms with Gasteiger partial charge in [-0.25, -0.2) is 29.7 Å². The fourth-order valence-corrected chi connectivity index (χ4v) is 10.7. The Hall–Kier alpha value is -7.88. The zero-order valence-corrected chi connectivity index (χ0v) is 60.9. The predicted molar refractivity (Wildman–Crippen MR) is 384 cm³/mol. The first-order valence-corrected chi connectivity index (χ1v) is 36.6. The highest BCUT2D eigenvalue weighted by molar-refractivity contribution is 8.24. The molecular weight excluding hydrogens is 1400 g/mol. The maximum Gasteiger partial charge on any atom is 0.367 e. The number of aryl methyl sites for hydroxylation is 1. The molecule has 6 heterocycles. The Labute approximate surface area is 585 Å². The molecule has 4 aromatic carbocycles. The number of pyridine rings is 2. The molecule has 31 heteroatoms. The number of amides is 2. The van der Waals surface area contributed by atoms with Crippen LogP contribution in [-0.4, -0.2) is 136 Å². The van der Waals surface area contributed by atoms with Crippen LogP contribution in [0.2, 0.25) is 5.15 Å². The third-order valence-electron chi connectivity index (χ3n) is 12.6. The molecule has 0 saturated carbocycles. The van der Waals surface area contributed by atoms with Crippen molar-refractivity contribution in [1.82, 2.24) is 45.9 Å². The first-order valence-electron chi connectivity index (χ1n) is 28.3. The van der Waals surface area contributed by atoms with Crippen LogP contribution in [0.3, 0.4) is 0 Å². The number of Topliss-reactive ketones (excluding diaryl/α,β-unsaturated/α-hetero) is 1. The zero-order chi connectivity index (χ0) is 69.5. The highest BCUT2D eigenvalue weighted by Crippen LogP contribution is 2.61. The minimum atomic E-state index is -3.22. The molecule has 95 heavy (non-hydrogen) atoms. The van der Waals surface area contributed by atoms with Gasteiger partial charge >= 0.3 is 11.2 Å². The van der Waals surface area contributed by atoms with Crippen LogP contribution < -0.4 is 30.7 Å². The minimum absolute atomic E-state index is 0. The smallest absolute Gasteiger partial charge is 0.367 e. The molecular formula is C64H72Cl4N9O13PS4. The Morgan fingerprint density at radius 1 is 0.589 bits per heavy atom. The van der Waals surface area contributed by atoms with Gasteiger partial charge in [-0.05, 0) is 182 Å². The highest BCUT2D eigenvalue weighted by atomic mass is 36.0. The largest absolute Gasteiger partial charge is 0.497 e. The van der Waals surface area contributed by atoms with E-state index in [9.17, 15) is 28.5 Å². The molecule has 0 aliphatic rings. The van der Waals surface area contributed by atoms with Gasteiger partial charge in [0.15, 0.2) is 10.8 Å². The lowest BCUT2D eigenvalue weighted by Crippen LogP contribution is -2.31. The number of aliphatic carboxylic acids is 1. The number of halogens is 4. The highest BCUT2D eigenvalue weighted by Gasteiger charge is 2.21. The minimum Gasteiger partial charge on any atom is -0.497 e. The Kier molecular flexibility index (Phi) is 35.8. The molecule has 0 atom stereocenters. The number of nitrogens with zero attached hydrogens (tertiary/aromatic N) is 7. The van der Waals surface area contributed by atoms with E-state index in [0.717, 1.165) is 86.0 Å². The number of aromatic nitrogens is 6. The number of esters is 1. The van der Waals surface area contributed by atoms with Crippen LogP contribution in [0.1, 0.15) is 93.0 Å². The summed E-state index contributed by atoms with van der Waals surface area (Å²) in [6.45, 7) is 15.8. The number of carbonyl (C=O) groups is 5. The number of thiazole rings is 4. The first-order chi connectivity index (χ1) is 44.9. The number of ketones is 1. The van der Waals surface area contributed by atoms with Gasteiger partial charge < -0.3 is 49.7 Å². The summed E-state index contributed by atoms with van der Waals surface area (Å²) in [5, 5.41) is 17.9. The molecule has 5 N–H and O–H groups in total. The number of rotatable bonds is 17. The number of carboxylic acids is 1. The van der Waals surface area contributed by atoms with Crippen LogP contribution >= 0.6 is 95.9 Å². The van der Waals surface area contributed by atoms with Gasteiger partial charge in [-0.1, -0.05) is 11.6 Å². The zero-order valence-electron chi connectivity index (χ0n) is 53.7. The molecule has 10 rings (SSSR count). The van der Waals surface area contributed by atoms with E-state index in [4.69, 9.17) is 45.2 Å². The number of fused-ring (bicyclic) bond motifs is 2. The topological polar surface area (TPSA) is 308 Å². The summed E-state index contributed by atoms with van der Waals surface area (Å²) < 4.78 is 34.9. The molecule has 10 aromatic rings. The van der Waals surface area contributed by atoms with Crippen LogP contribution in [0.25, 0.3) is 42.9 Å². The Balaban J connectivity index is 0.000000303. The number of ether oxygens (including phenoxy) is 5. The third kappa shape index (κ3) is 26.7. The molecule has 22 nitrogen and oxygen atoms in total. The monoisotopic (exact) mass is 1470 g/mol. The van der Waals surface area contributed by atoms with Crippen LogP contribution in [0, 0.1) is 6.92 Å². The fourth-order valence-electron chi connectivity index (χ4n) is 8.17. The molecule has 0 saturated heterocycles. The van der Waals surface area contributed by atoms with Crippen LogP contribution in [-0.2, 0) is 20.5 Å². The number of aromatic amines is 1. The summed E-state index contributed by atoms with van der Waals surface area (Å²) in [6.07, 6.45) is 6.79. The predicted octanol–water partition coefficient (Wildman–Crippen LogP) is 16.6. The van der Waals surface area contributed by atoms with Gasteiger partial charge in [-0.2, -0.15) is 0 Å². The number of methoxy groups -OCH3 is 4. The van der Waals surface area contributed by atoms with Crippen molar-refractivity contribution < 1.29 is 57.3 Å². The second-order valence-corrected chi connectivity index (χ2v) is 29.2. The summed E-state index contributed by atoms with van der Waals surface area (Å²) in [4.78, 5) is 95.9. The summed E-state index contributed by atoms with van der Waals surface area (Å²) >= 11 is 25.7. The lowest BCUT2D eigenvalue weighted by molar-refractivity contribution is -0.134. The maximum atomic E-state index is 12.7. The number of carbonyl (C=O) groups excluding carboxylic acids is 4. The Morgan fingerprint density at radius 3 is 1.48 bits per heavy atom. The molecule has 508 valence electrons. The van der Waals surface area contributed by atoms with Crippen molar-refractivity contribution in [2.75, 3.05) is 61.2 Å². The SMILES string of the molecule is CC(=O)O.CCN(CC)C(=O)c1ccc(OC)cc1C.CCN(CC)C(=O)c1ccc(OC)cc1CC(=O)c1nccs1.CCOC(=O)c1nccs1.COc1ccc2c(=O)[nH]c(-c3nccs3)cc2c1.COc1ccc2c(Cl)nc(-c3nccs3)cc2c1.N.O=P(Cl)(Cl)Cl. The summed E-state index contributed by atoms with van der Waals surface area (Å²) in [5.41, 5.74) is 4.33. The van der Waals surface area contributed by atoms with Gasteiger partial charge in [-0.3, -0.25) is 28.5 Å². The normalized spacial score (nSPS) is 10.1. The van der Waals surface area contributed by atoms with Crippen molar-refractivity contribution in [3.63, 3.8) is 0 Å². The first kappa shape index (κ1) is 81.4. The number of carboxylic acid groups (broad SMARTS) is 1. The van der Waals surface area contributed by atoms with Gasteiger partial charge in [0.2, 0.25) is 5.01 Å². The molecule has 6 aromatic heterocycles. The van der Waals surface area contributed by atoms with E-state index in [1.54, 1.807) is 106 Å². The molecule has 0 aliphatic heterocycles. The molecule has 0 fully saturated rings. The second-order valence-electron chi connectivity index (χ2n) is 18.6. The second kappa shape index (κ2) is 41.8. The van der Waals surface area contributed by atoms with Gasteiger partial charge in [0.1, 0.15) is 43.9 Å². The van der Waals surface area contributed by atoms with E-state index in [1.807, 2.05) is 105 Å². The third-order valence-corrected chi connectivity index (χ3v) is 16.0. The molecule has 0 radical (unpaired) electrons. The summed E-state index contributed by atoms with van der Waals surface area (Å²) in [6, 6.07) is 25.8. The number of hydrogen-bond donors (Lipinski definition) is 3. The molecule has 0 aliphatic carbocycles. The van der Waals surface area contributed by atoms with Gasteiger partial charge in [-0.15, -0.1) is 45.3 Å². The molecule has 0 unspecified atom stereocenters. The van der Waals surface area contributed by atoms with E-state index < -0.39 is 11.2 Å². The molecule has 2 amide bonds. The van der Waals surface area contributed by atoms with Crippen LogP contribution in [0.5, 0.6) is 23.0 Å². The van der Waals surface area contributed by atoms with Crippen molar-refractivity contribution in [1.29, 1.82) is 0 Å². The van der Waals surface area contributed by atoms with Crippen LogP contribution in [0.4, 0.5) is 0 Å². The van der Waals surface area contributed by atoms with E-state index in [-0.39, 0.29) is 41.7 Å². The van der Waals surface area contributed by atoms with Gasteiger partial charge in [0.25, 0.3) is 23.3 Å². The number of benzene rings is 4. The Bertz CT molecular complexity index is 4130. The van der Waals surface area contributed by atoms with Crippen molar-refractivity contribution in [2.24, 2.45) is 0 Å². The number of nitrogens with one attached hydrogen (secondary N) is 1.